The van der Waals surface area contributed by atoms with Crippen molar-refractivity contribution >= 4 is 18.6 Å². The Morgan fingerprint density at radius 1 is 0.455 bits per heavy atom. The van der Waals surface area contributed by atoms with Gasteiger partial charge in [0.1, 0.15) is 17.2 Å². The van der Waals surface area contributed by atoms with Gasteiger partial charge in [0.2, 0.25) is 0 Å². The van der Waals surface area contributed by atoms with E-state index in [0.717, 1.165) is 110 Å². The molecule has 0 atom stereocenters. The summed E-state index contributed by atoms with van der Waals surface area (Å²) in [5, 5.41) is 0. The Balaban J connectivity index is 0.00000345. The van der Waals surface area contributed by atoms with Crippen LogP contribution in [0, 0.1) is 41.3 Å². The van der Waals surface area contributed by atoms with Gasteiger partial charge in [-0.3, -0.25) is 19.9 Å². The molecule has 0 fully saturated rings. The molecule has 3 aromatic rings. The van der Waals surface area contributed by atoms with Crippen molar-refractivity contribution in [2.24, 2.45) is 15.0 Å². The van der Waals surface area contributed by atoms with Crippen LogP contribution in [-0.4, -0.2) is 97.6 Å². The summed E-state index contributed by atoms with van der Waals surface area (Å²) in [6.45, 7) is 19.1. The van der Waals surface area contributed by atoms with Gasteiger partial charge in [-0.15, -0.1) is 20.5 Å². The largest absolute Gasteiger partial charge is 2.00 e. The summed E-state index contributed by atoms with van der Waals surface area (Å²) in [5.41, 5.74) is 5.18. The molecule has 0 spiro atoms. The number of pyridine rings is 3. The number of rotatable bonds is 30. The average Bonchev–Trinajstić information content (AvgIpc) is 3.22. The molecule has 0 bridgehead atoms. The molecule has 0 radical (unpaired) electrons. The summed E-state index contributed by atoms with van der Waals surface area (Å²) in [5.74, 6) is 2.54. The van der Waals surface area contributed by atoms with Gasteiger partial charge in [0, 0.05) is 38.3 Å². The number of ether oxygens (including phenoxy) is 3. The third-order valence-electron chi connectivity index (χ3n) is 9.25. The van der Waals surface area contributed by atoms with E-state index in [2.05, 4.69) is 25.7 Å². The zero-order valence-corrected chi connectivity index (χ0v) is 41.9. The fourth-order valence-corrected chi connectivity index (χ4v) is 5.92. The summed E-state index contributed by atoms with van der Waals surface area (Å²) < 4.78 is 85.8. The number of aryl methyl sites for hydroxylation is 3. The molecule has 0 aliphatic carbocycles. The van der Waals surface area contributed by atoms with Gasteiger partial charge < -0.3 is 14.2 Å². The number of nitrogens with zero attached hydrogens (tertiary/aromatic N) is 7. The molecule has 66 heavy (non-hydrogen) atoms. The number of unbranched alkanes of at least 4 members (excludes halogenated alkanes) is 9. The number of hydrogen-bond donors (Lipinski definition) is 0. The van der Waals surface area contributed by atoms with Gasteiger partial charge in [0.15, 0.2) is 0 Å². The van der Waals surface area contributed by atoms with Crippen molar-refractivity contribution in [3.8, 4) is 17.2 Å². The molecule has 3 aromatic heterocycles. The van der Waals surface area contributed by atoms with E-state index >= 15 is 0 Å². The fourth-order valence-electron chi connectivity index (χ4n) is 5.92. The molecule has 0 unspecified atom stereocenters. The maximum Gasteiger partial charge on any atom is 2.00 e. The average molecular weight is 1010 g/mol. The molecule has 0 aliphatic heterocycles. The zero-order chi connectivity index (χ0) is 48.4. The van der Waals surface area contributed by atoms with Crippen LogP contribution < -0.4 is 51.5 Å². The fraction of sp³-hybridized carbons (Fsp3) is 0.600. The zero-order valence-electron chi connectivity index (χ0n) is 39.3. The Kier molecular flexibility index (Phi) is 35.6. The quantitative estimate of drug-likeness (QED) is 0.0487. The third-order valence-corrected chi connectivity index (χ3v) is 9.25. The van der Waals surface area contributed by atoms with Crippen molar-refractivity contribution in [2.75, 3.05) is 59.1 Å². The van der Waals surface area contributed by atoms with Gasteiger partial charge in [-0.05, 0) is 76.4 Å². The van der Waals surface area contributed by atoms with E-state index in [0.29, 0.717) is 19.6 Å². The topological polar surface area (TPSA) is 291 Å². The van der Waals surface area contributed by atoms with Gasteiger partial charge >= 0.3 is 17.1 Å². The molecule has 0 amide bonds. The standard InChI is InChI=1S/C45H69N7O3.2ClHO4.Fe/c1-7-10-13-16-31-53-43-22-19-40(49-37(43)4)34-46-25-28-52(29-26-47-35-41-20-23-44(38(5)50-41)54-32-17-14-11-8-2)30-27-48-36-42-21-24-45(39(6)51-42)55-33-18-15-12-9-3;2*2-1(3,4)5;/h19-24,34-36H,7-18,25-33H2,1-6H3;2*(H,2,3,4,5);/q;;;+2/p-2. The first-order chi connectivity index (χ1) is 30.9. The maximum absolute atomic E-state index is 8.49. The molecule has 0 N–H and O–H groups in total. The first kappa shape index (κ1) is 62.6. The molecule has 372 valence electrons. The van der Waals surface area contributed by atoms with Gasteiger partial charge in [-0.1, -0.05) is 78.6 Å². The summed E-state index contributed by atoms with van der Waals surface area (Å²) in [7, 11) is -9.89. The number of hydrogen-bond acceptors (Lipinski definition) is 18. The monoisotopic (exact) mass is 1010 g/mol. The minimum absolute atomic E-state index is 0. The molecular weight excluding hydrogens is 941 g/mol. The minimum Gasteiger partial charge on any atom is -0.492 e. The van der Waals surface area contributed by atoms with E-state index in [4.69, 9.17) is 81.4 Å². The predicted octanol–water partition coefficient (Wildman–Crippen LogP) is 0.119. The molecule has 0 aromatic carbocycles. The van der Waals surface area contributed by atoms with Gasteiger partial charge in [-0.25, -0.2) is 52.2 Å². The Hall–Kier alpha value is -3.40. The molecule has 0 saturated heterocycles. The molecule has 21 heteroatoms. The Bertz CT molecular complexity index is 1600. The second kappa shape index (κ2) is 37.6. The van der Waals surface area contributed by atoms with Crippen LogP contribution in [0.2, 0.25) is 0 Å². The molecule has 3 heterocycles. The van der Waals surface area contributed by atoms with Gasteiger partial charge in [0.25, 0.3) is 0 Å². The van der Waals surface area contributed by atoms with Crippen molar-refractivity contribution < 1.29 is 89.0 Å². The minimum atomic E-state index is -4.94. The second-order valence-electron chi connectivity index (χ2n) is 14.9. The van der Waals surface area contributed by atoms with Crippen LogP contribution in [0.5, 0.6) is 17.2 Å². The smallest absolute Gasteiger partial charge is 0.492 e. The van der Waals surface area contributed by atoms with Crippen molar-refractivity contribution in [2.45, 2.75) is 119 Å². The maximum atomic E-state index is 8.49. The second-order valence-corrected chi connectivity index (χ2v) is 16.4. The number of aromatic nitrogens is 3. The molecule has 3 rings (SSSR count). The van der Waals surface area contributed by atoms with Gasteiger partial charge in [0.05, 0.1) is 73.6 Å². The predicted molar refractivity (Wildman–Crippen MR) is 230 cm³/mol. The number of aliphatic imine (C=N–C) groups is 3. The third kappa shape index (κ3) is 35.7. The summed E-state index contributed by atoms with van der Waals surface area (Å²) in [6.07, 6.45) is 19.8. The van der Waals surface area contributed by atoms with Crippen LogP contribution in [0.15, 0.2) is 51.4 Å². The van der Waals surface area contributed by atoms with E-state index < -0.39 is 20.5 Å². The summed E-state index contributed by atoms with van der Waals surface area (Å²) >= 11 is 0. The first-order valence-corrected chi connectivity index (χ1v) is 24.7. The van der Waals surface area contributed by atoms with E-state index in [9.17, 15) is 0 Å². The van der Waals surface area contributed by atoms with Crippen LogP contribution in [0.1, 0.15) is 132 Å². The Morgan fingerprint density at radius 2 is 0.712 bits per heavy atom. The van der Waals surface area contributed by atoms with Crippen LogP contribution in [0.25, 0.3) is 0 Å². The van der Waals surface area contributed by atoms with Crippen molar-refractivity contribution in [3.63, 3.8) is 0 Å². The van der Waals surface area contributed by atoms with Gasteiger partial charge in [-0.2, -0.15) is 0 Å². The van der Waals surface area contributed by atoms with Crippen molar-refractivity contribution in [1.82, 2.24) is 19.9 Å². The van der Waals surface area contributed by atoms with Crippen LogP contribution in [-0.2, 0) is 17.1 Å². The van der Waals surface area contributed by atoms with E-state index in [1.807, 2.05) is 75.8 Å². The van der Waals surface area contributed by atoms with Crippen molar-refractivity contribution in [3.05, 3.63) is 70.6 Å². The SMILES string of the molecule is CCCCCCOc1ccc(C=NCCN(CCN=Cc2ccc(OCCCCCC)c(C)n2)CCN=Cc2ccc(OCCCCCC)c(C)n2)nc1C.[Fe+2].[O-][Cl+3]([O-])([O-])[O-].[O-][Cl+3]([O-])([O-])[O-]. The number of halogens is 2. The first-order valence-electron chi connectivity index (χ1n) is 22.2. The molecular formula is C45H69Cl2FeN7O11. The van der Waals surface area contributed by atoms with Crippen molar-refractivity contribution in [1.29, 1.82) is 0 Å². The Morgan fingerprint density at radius 3 is 0.939 bits per heavy atom. The van der Waals surface area contributed by atoms with Crippen LogP contribution in [0.4, 0.5) is 0 Å². The Labute approximate surface area is 406 Å². The van der Waals surface area contributed by atoms with E-state index in [1.54, 1.807) is 0 Å². The normalized spacial score (nSPS) is 11.7. The molecule has 18 nitrogen and oxygen atoms in total. The summed E-state index contributed by atoms with van der Waals surface area (Å²) in [6, 6.07) is 11.9. The molecule has 0 aliphatic rings. The van der Waals surface area contributed by atoms with Crippen LogP contribution in [0.3, 0.4) is 0 Å². The van der Waals surface area contributed by atoms with Crippen LogP contribution >= 0.6 is 0 Å². The molecule has 0 saturated carbocycles. The summed E-state index contributed by atoms with van der Waals surface area (Å²) in [4.78, 5) is 30.6. The van der Waals surface area contributed by atoms with E-state index in [1.165, 1.54) is 57.8 Å². The van der Waals surface area contributed by atoms with E-state index in [-0.39, 0.29) is 17.1 Å².